The van der Waals surface area contributed by atoms with Crippen molar-refractivity contribution in [3.63, 3.8) is 0 Å². The fraction of sp³-hybridized carbons (Fsp3) is 0.562. The van der Waals surface area contributed by atoms with Gasteiger partial charge < -0.3 is 10.6 Å². The van der Waals surface area contributed by atoms with Crippen molar-refractivity contribution in [2.75, 3.05) is 19.8 Å². The Labute approximate surface area is 150 Å². The molecule has 21 heavy (non-hydrogen) atoms. The quantitative estimate of drug-likeness (QED) is 0.432. The molecular formula is C16H28IN3S. The summed E-state index contributed by atoms with van der Waals surface area (Å²) in [5.41, 5.74) is 3.93. The molecule has 0 aromatic heterocycles. The summed E-state index contributed by atoms with van der Waals surface area (Å²) >= 11 is 1.85. The number of nitrogens with one attached hydrogen (secondary N) is 2. The van der Waals surface area contributed by atoms with Crippen molar-refractivity contribution >= 4 is 41.7 Å². The zero-order valence-corrected chi connectivity index (χ0v) is 17.1. The molecule has 0 atom stereocenters. The van der Waals surface area contributed by atoms with E-state index in [1.54, 1.807) is 0 Å². The Morgan fingerprint density at radius 2 is 1.90 bits per heavy atom. The molecule has 0 spiro atoms. The lowest BCUT2D eigenvalue weighted by Crippen LogP contribution is -2.43. The van der Waals surface area contributed by atoms with Crippen LogP contribution in [0.3, 0.4) is 0 Å². The third-order valence-electron chi connectivity index (χ3n) is 3.40. The summed E-state index contributed by atoms with van der Waals surface area (Å²) < 4.78 is 0.206. The summed E-state index contributed by atoms with van der Waals surface area (Å²) in [6.45, 7) is 10.4. The summed E-state index contributed by atoms with van der Waals surface area (Å²) in [6.07, 6.45) is 2.13. The molecule has 0 radical (unpaired) electrons. The second-order valence-electron chi connectivity index (χ2n) is 5.67. The van der Waals surface area contributed by atoms with Gasteiger partial charge in [-0.3, -0.25) is 4.99 Å². The van der Waals surface area contributed by atoms with Gasteiger partial charge >= 0.3 is 0 Å². The van der Waals surface area contributed by atoms with Crippen molar-refractivity contribution in [1.29, 1.82) is 0 Å². The van der Waals surface area contributed by atoms with Gasteiger partial charge in [-0.2, -0.15) is 11.8 Å². The van der Waals surface area contributed by atoms with Crippen LogP contribution in [0, 0.1) is 13.8 Å². The van der Waals surface area contributed by atoms with E-state index in [9.17, 15) is 0 Å². The summed E-state index contributed by atoms with van der Waals surface area (Å²) in [5, 5.41) is 6.75. The number of nitrogens with zero attached hydrogens (tertiary/aromatic N) is 1. The minimum absolute atomic E-state index is 0. The molecule has 0 unspecified atom stereocenters. The van der Waals surface area contributed by atoms with Gasteiger partial charge in [0.05, 0.1) is 0 Å². The summed E-state index contributed by atoms with van der Waals surface area (Å²) in [6, 6.07) is 6.54. The lowest BCUT2D eigenvalue weighted by Gasteiger charge is -2.24. The van der Waals surface area contributed by atoms with Crippen LogP contribution in [-0.2, 0) is 6.54 Å². The third kappa shape index (κ3) is 7.40. The van der Waals surface area contributed by atoms with Crippen LogP contribution in [0.2, 0.25) is 0 Å². The lowest BCUT2D eigenvalue weighted by molar-refractivity contribution is 0.664. The zero-order valence-electron chi connectivity index (χ0n) is 13.9. The Balaban J connectivity index is 0.00000400. The van der Waals surface area contributed by atoms with E-state index < -0.39 is 0 Å². The lowest BCUT2D eigenvalue weighted by atomic mass is 10.1. The number of hydrogen-bond donors (Lipinski definition) is 2. The minimum Gasteiger partial charge on any atom is -0.355 e. The van der Waals surface area contributed by atoms with Crippen LogP contribution >= 0.6 is 35.7 Å². The summed E-state index contributed by atoms with van der Waals surface area (Å²) in [4.78, 5) is 4.27. The van der Waals surface area contributed by atoms with Crippen molar-refractivity contribution < 1.29 is 0 Å². The first-order valence-electron chi connectivity index (χ1n) is 6.94. The van der Waals surface area contributed by atoms with Crippen molar-refractivity contribution in [3.05, 3.63) is 34.9 Å². The van der Waals surface area contributed by atoms with E-state index in [2.05, 4.69) is 67.8 Å². The Morgan fingerprint density at radius 1 is 1.24 bits per heavy atom. The largest absolute Gasteiger partial charge is 0.355 e. The Bertz CT molecular complexity index is 473. The molecule has 0 aliphatic heterocycles. The Kier molecular flexibility index (Phi) is 9.36. The minimum atomic E-state index is 0. The SMILES string of the molecule is CN=C(NCc1ccc(C)cc1C)NCC(C)(C)SC.I. The average molecular weight is 421 g/mol. The number of guanidine groups is 1. The van der Waals surface area contributed by atoms with Crippen LogP contribution in [0.4, 0.5) is 0 Å². The average Bonchev–Trinajstić information content (AvgIpc) is 2.41. The molecule has 0 bridgehead atoms. The van der Waals surface area contributed by atoms with E-state index >= 15 is 0 Å². The van der Waals surface area contributed by atoms with Crippen LogP contribution in [0.15, 0.2) is 23.2 Å². The second-order valence-corrected chi connectivity index (χ2v) is 7.19. The number of aryl methyl sites for hydroxylation is 2. The highest BCUT2D eigenvalue weighted by atomic mass is 127. The smallest absolute Gasteiger partial charge is 0.191 e. The maximum absolute atomic E-state index is 4.27. The summed E-state index contributed by atoms with van der Waals surface area (Å²) in [5.74, 6) is 0.854. The molecule has 120 valence electrons. The van der Waals surface area contributed by atoms with Crippen molar-refractivity contribution in [2.24, 2.45) is 4.99 Å². The monoisotopic (exact) mass is 421 g/mol. The van der Waals surface area contributed by atoms with Gasteiger partial charge in [0, 0.05) is 24.9 Å². The number of aliphatic imine (C=N–C) groups is 1. The highest BCUT2D eigenvalue weighted by Crippen LogP contribution is 2.19. The van der Waals surface area contributed by atoms with Gasteiger partial charge in [-0.25, -0.2) is 0 Å². The number of benzene rings is 1. The van der Waals surface area contributed by atoms with E-state index in [4.69, 9.17) is 0 Å². The van der Waals surface area contributed by atoms with Crippen LogP contribution in [0.1, 0.15) is 30.5 Å². The molecule has 0 amide bonds. The Hall–Kier alpha value is -0.430. The van der Waals surface area contributed by atoms with Gasteiger partial charge in [0.25, 0.3) is 0 Å². The van der Waals surface area contributed by atoms with Crippen molar-refractivity contribution in [1.82, 2.24) is 10.6 Å². The maximum Gasteiger partial charge on any atom is 0.191 e. The number of hydrogen-bond acceptors (Lipinski definition) is 2. The van der Waals surface area contributed by atoms with Gasteiger partial charge in [-0.1, -0.05) is 23.8 Å². The topological polar surface area (TPSA) is 36.4 Å². The van der Waals surface area contributed by atoms with Crippen molar-refractivity contribution in [2.45, 2.75) is 39.0 Å². The molecule has 1 rings (SSSR count). The molecule has 0 heterocycles. The predicted molar refractivity (Wildman–Crippen MR) is 107 cm³/mol. The number of halogens is 1. The van der Waals surface area contributed by atoms with E-state index in [1.165, 1.54) is 16.7 Å². The van der Waals surface area contributed by atoms with Crippen LogP contribution < -0.4 is 10.6 Å². The van der Waals surface area contributed by atoms with Gasteiger partial charge in [0.1, 0.15) is 0 Å². The zero-order chi connectivity index (χ0) is 15.2. The standard InChI is InChI=1S/C16H27N3S.HI/c1-12-7-8-14(13(2)9-12)10-18-15(17-5)19-11-16(3,4)20-6;/h7-9H,10-11H2,1-6H3,(H2,17,18,19);1H. The molecule has 0 aliphatic carbocycles. The van der Waals surface area contributed by atoms with E-state index in [0.717, 1.165) is 19.0 Å². The van der Waals surface area contributed by atoms with Gasteiger partial charge in [0.2, 0.25) is 0 Å². The molecule has 1 aromatic carbocycles. The number of thioether (sulfide) groups is 1. The first-order chi connectivity index (χ1) is 9.38. The molecule has 0 saturated carbocycles. The number of rotatable bonds is 5. The Morgan fingerprint density at radius 3 is 2.43 bits per heavy atom. The van der Waals surface area contributed by atoms with Crippen molar-refractivity contribution in [3.8, 4) is 0 Å². The molecule has 3 nitrogen and oxygen atoms in total. The first kappa shape index (κ1) is 20.6. The highest BCUT2D eigenvalue weighted by molar-refractivity contribution is 14.0. The van der Waals surface area contributed by atoms with Crippen LogP contribution in [0.25, 0.3) is 0 Å². The van der Waals surface area contributed by atoms with Gasteiger partial charge in [-0.05, 0) is 45.1 Å². The normalized spacial score (nSPS) is 11.8. The van der Waals surface area contributed by atoms with Gasteiger partial charge in [-0.15, -0.1) is 24.0 Å². The van der Waals surface area contributed by atoms with Crippen LogP contribution in [-0.4, -0.2) is 30.6 Å². The third-order valence-corrected chi connectivity index (χ3v) is 4.65. The first-order valence-corrected chi connectivity index (χ1v) is 8.16. The molecular weight excluding hydrogens is 393 g/mol. The predicted octanol–water partition coefficient (Wildman–Crippen LogP) is 3.73. The molecule has 5 heteroatoms. The molecule has 0 fully saturated rings. The van der Waals surface area contributed by atoms with E-state index in [1.807, 2.05) is 18.8 Å². The molecule has 0 saturated heterocycles. The molecule has 1 aromatic rings. The van der Waals surface area contributed by atoms with Crippen LogP contribution in [0.5, 0.6) is 0 Å². The van der Waals surface area contributed by atoms with E-state index in [0.29, 0.717) is 0 Å². The fourth-order valence-corrected chi connectivity index (χ4v) is 2.03. The highest BCUT2D eigenvalue weighted by Gasteiger charge is 2.16. The second kappa shape index (κ2) is 9.56. The maximum atomic E-state index is 4.27. The molecule has 0 aliphatic rings. The van der Waals surface area contributed by atoms with E-state index in [-0.39, 0.29) is 28.7 Å². The molecule has 2 N–H and O–H groups in total. The van der Waals surface area contributed by atoms with Gasteiger partial charge in [0.15, 0.2) is 5.96 Å². The fourth-order valence-electron chi connectivity index (χ4n) is 1.81. The summed E-state index contributed by atoms with van der Waals surface area (Å²) in [7, 11) is 1.81.